The molecule has 2 aromatic rings. The van der Waals surface area contributed by atoms with Gasteiger partial charge in [0.25, 0.3) is 0 Å². The van der Waals surface area contributed by atoms with Gasteiger partial charge in [-0.05, 0) is 11.6 Å². The second-order valence-corrected chi connectivity index (χ2v) is 5.34. The smallest absolute Gasteiger partial charge is 0.185 e. The second-order valence-electron chi connectivity index (χ2n) is 4.51. The highest BCUT2D eigenvalue weighted by molar-refractivity contribution is 7.13. The van der Waals surface area contributed by atoms with E-state index in [0.29, 0.717) is 0 Å². The van der Waals surface area contributed by atoms with Crippen molar-refractivity contribution in [1.29, 1.82) is 0 Å². The maximum atomic E-state index is 5.00. The van der Waals surface area contributed by atoms with Gasteiger partial charge in [-0.1, -0.05) is 6.07 Å². The molecule has 0 saturated heterocycles. The summed E-state index contributed by atoms with van der Waals surface area (Å²) in [6, 6.07) is 4.03. The summed E-state index contributed by atoms with van der Waals surface area (Å²) in [6.45, 7) is 3.16. The van der Waals surface area contributed by atoms with Crippen molar-refractivity contribution in [3.05, 3.63) is 41.2 Å². The predicted molar refractivity (Wildman–Crippen MR) is 82.0 cm³/mol. The minimum Gasteiger partial charge on any atom is -0.383 e. The normalized spacial score (nSPS) is 10.7. The SMILES string of the molecule is COCCNCc1csc(N(C)Cc2cccnc2)n1. The Hall–Kier alpha value is -1.50. The number of hydrogen-bond donors (Lipinski definition) is 1. The summed E-state index contributed by atoms with van der Waals surface area (Å²) < 4.78 is 5.00. The van der Waals surface area contributed by atoms with Gasteiger partial charge in [0, 0.05) is 51.6 Å². The number of anilines is 1. The Morgan fingerprint density at radius 1 is 1.45 bits per heavy atom. The molecule has 1 N–H and O–H groups in total. The maximum absolute atomic E-state index is 5.00. The fourth-order valence-corrected chi connectivity index (χ4v) is 2.57. The van der Waals surface area contributed by atoms with Crippen molar-refractivity contribution in [2.24, 2.45) is 0 Å². The van der Waals surface area contributed by atoms with Crippen LogP contribution < -0.4 is 10.2 Å². The first-order valence-electron chi connectivity index (χ1n) is 6.53. The summed E-state index contributed by atoms with van der Waals surface area (Å²) >= 11 is 1.66. The average Bonchev–Trinajstić information content (AvgIpc) is 2.94. The molecule has 0 aliphatic carbocycles. The zero-order valence-electron chi connectivity index (χ0n) is 11.9. The first-order chi connectivity index (χ1) is 9.79. The molecule has 5 nitrogen and oxygen atoms in total. The highest BCUT2D eigenvalue weighted by Gasteiger charge is 2.07. The van der Waals surface area contributed by atoms with Crippen molar-refractivity contribution in [2.45, 2.75) is 13.1 Å². The lowest BCUT2D eigenvalue weighted by molar-refractivity contribution is 0.199. The van der Waals surface area contributed by atoms with Gasteiger partial charge in [-0.25, -0.2) is 4.98 Å². The fourth-order valence-electron chi connectivity index (χ4n) is 1.78. The third-order valence-corrected chi connectivity index (χ3v) is 3.80. The number of aromatic nitrogens is 2. The molecular weight excluding hydrogens is 272 g/mol. The maximum Gasteiger partial charge on any atom is 0.185 e. The van der Waals surface area contributed by atoms with E-state index in [1.54, 1.807) is 24.6 Å². The van der Waals surface area contributed by atoms with Crippen LogP contribution >= 0.6 is 11.3 Å². The van der Waals surface area contributed by atoms with Crippen LogP contribution in [0.3, 0.4) is 0 Å². The molecule has 0 aliphatic rings. The van der Waals surface area contributed by atoms with Crippen LogP contribution in [-0.2, 0) is 17.8 Å². The van der Waals surface area contributed by atoms with E-state index in [1.807, 2.05) is 19.3 Å². The third kappa shape index (κ3) is 4.56. The van der Waals surface area contributed by atoms with Gasteiger partial charge >= 0.3 is 0 Å². The van der Waals surface area contributed by atoms with E-state index in [-0.39, 0.29) is 0 Å². The van der Waals surface area contributed by atoms with E-state index >= 15 is 0 Å². The number of ether oxygens (including phenoxy) is 1. The molecule has 2 aromatic heterocycles. The molecule has 0 aliphatic heterocycles. The number of hydrogen-bond acceptors (Lipinski definition) is 6. The Balaban J connectivity index is 1.84. The molecule has 2 heterocycles. The summed E-state index contributed by atoms with van der Waals surface area (Å²) in [5, 5.41) is 6.41. The van der Waals surface area contributed by atoms with E-state index in [1.165, 1.54) is 5.56 Å². The number of methoxy groups -OCH3 is 1. The summed E-state index contributed by atoms with van der Waals surface area (Å²) in [7, 11) is 3.75. The molecule has 0 fully saturated rings. The molecule has 0 atom stereocenters. The largest absolute Gasteiger partial charge is 0.383 e. The van der Waals surface area contributed by atoms with Gasteiger partial charge < -0.3 is 15.0 Å². The topological polar surface area (TPSA) is 50.3 Å². The summed E-state index contributed by atoms with van der Waals surface area (Å²) in [5.74, 6) is 0. The lowest BCUT2D eigenvalue weighted by Crippen LogP contribution is -2.19. The highest BCUT2D eigenvalue weighted by atomic mass is 32.1. The van der Waals surface area contributed by atoms with Gasteiger partial charge in [0.15, 0.2) is 5.13 Å². The summed E-state index contributed by atoms with van der Waals surface area (Å²) in [4.78, 5) is 10.9. The molecule has 0 aromatic carbocycles. The first kappa shape index (κ1) is 14.9. The molecule has 108 valence electrons. The molecule has 0 amide bonds. The van der Waals surface area contributed by atoms with Crippen molar-refractivity contribution >= 4 is 16.5 Å². The number of nitrogens with zero attached hydrogens (tertiary/aromatic N) is 3. The van der Waals surface area contributed by atoms with Crippen molar-refractivity contribution in [3.63, 3.8) is 0 Å². The fraction of sp³-hybridized carbons (Fsp3) is 0.429. The Bertz CT molecular complexity index is 503. The minimum absolute atomic E-state index is 0.720. The van der Waals surface area contributed by atoms with Gasteiger partial charge in [-0.15, -0.1) is 11.3 Å². The quantitative estimate of drug-likeness (QED) is 0.753. The van der Waals surface area contributed by atoms with Gasteiger partial charge in [0.1, 0.15) is 0 Å². The van der Waals surface area contributed by atoms with E-state index < -0.39 is 0 Å². The van der Waals surface area contributed by atoms with E-state index in [4.69, 9.17) is 4.74 Å². The number of pyridine rings is 1. The zero-order valence-corrected chi connectivity index (χ0v) is 12.7. The third-order valence-electron chi connectivity index (χ3n) is 2.80. The van der Waals surface area contributed by atoms with Crippen LogP contribution in [0.15, 0.2) is 29.9 Å². The lowest BCUT2D eigenvalue weighted by Gasteiger charge is -2.15. The molecule has 0 bridgehead atoms. The highest BCUT2D eigenvalue weighted by Crippen LogP contribution is 2.20. The van der Waals surface area contributed by atoms with Crippen molar-refractivity contribution in [1.82, 2.24) is 15.3 Å². The van der Waals surface area contributed by atoms with Gasteiger partial charge in [0.2, 0.25) is 0 Å². The molecule has 0 spiro atoms. The predicted octanol–water partition coefficient (Wildman–Crippen LogP) is 1.91. The standard InChI is InChI=1S/C14H20N4OS/c1-18(10-12-4-3-5-15-8-12)14-17-13(11-20-14)9-16-6-7-19-2/h3-5,8,11,16H,6-7,9-10H2,1-2H3. The van der Waals surface area contributed by atoms with Crippen molar-refractivity contribution in [3.8, 4) is 0 Å². The Morgan fingerprint density at radius 3 is 3.10 bits per heavy atom. The molecule has 20 heavy (non-hydrogen) atoms. The first-order valence-corrected chi connectivity index (χ1v) is 7.41. The van der Waals surface area contributed by atoms with E-state index in [2.05, 4.69) is 31.6 Å². The number of nitrogens with one attached hydrogen (secondary N) is 1. The second kappa shape index (κ2) is 7.94. The van der Waals surface area contributed by atoms with Gasteiger partial charge in [-0.3, -0.25) is 4.98 Å². The molecule has 6 heteroatoms. The molecule has 2 rings (SSSR count). The van der Waals surface area contributed by atoms with Gasteiger partial charge in [0.05, 0.1) is 12.3 Å². The van der Waals surface area contributed by atoms with Crippen LogP contribution in [-0.4, -0.2) is 37.3 Å². The number of thiazole rings is 1. The van der Waals surface area contributed by atoms with Gasteiger partial charge in [-0.2, -0.15) is 0 Å². The molecular formula is C14H20N4OS. The summed E-state index contributed by atoms with van der Waals surface area (Å²) in [6.07, 6.45) is 3.67. The zero-order chi connectivity index (χ0) is 14.2. The van der Waals surface area contributed by atoms with Crippen molar-refractivity contribution in [2.75, 3.05) is 32.2 Å². The lowest BCUT2D eigenvalue weighted by atomic mass is 10.3. The van der Waals surface area contributed by atoms with Crippen LogP contribution in [0.25, 0.3) is 0 Å². The van der Waals surface area contributed by atoms with Crippen LogP contribution in [0, 0.1) is 0 Å². The molecule has 0 radical (unpaired) electrons. The Kier molecular flexibility index (Phi) is 5.91. The Morgan fingerprint density at radius 2 is 2.35 bits per heavy atom. The van der Waals surface area contributed by atoms with Crippen molar-refractivity contribution < 1.29 is 4.74 Å². The molecule has 0 saturated carbocycles. The van der Waals surface area contributed by atoms with Crippen LogP contribution in [0.2, 0.25) is 0 Å². The molecule has 0 unspecified atom stereocenters. The summed E-state index contributed by atoms with van der Waals surface area (Å²) in [5.41, 5.74) is 2.25. The minimum atomic E-state index is 0.720. The average molecular weight is 292 g/mol. The van der Waals surface area contributed by atoms with Crippen LogP contribution in [0.1, 0.15) is 11.3 Å². The van der Waals surface area contributed by atoms with E-state index in [0.717, 1.165) is 37.1 Å². The Labute approximate surface area is 123 Å². The number of rotatable bonds is 8. The van der Waals surface area contributed by atoms with Crippen LogP contribution in [0.4, 0.5) is 5.13 Å². The van der Waals surface area contributed by atoms with Crippen LogP contribution in [0.5, 0.6) is 0 Å². The monoisotopic (exact) mass is 292 g/mol. The van der Waals surface area contributed by atoms with E-state index in [9.17, 15) is 0 Å².